The van der Waals surface area contributed by atoms with Gasteiger partial charge < -0.3 is 18.9 Å². The normalized spacial score (nSPS) is 13.6. The monoisotopic (exact) mass is 385 g/mol. The van der Waals surface area contributed by atoms with E-state index in [-0.39, 0.29) is 11.2 Å². The zero-order chi connectivity index (χ0) is 20.0. The van der Waals surface area contributed by atoms with Crippen molar-refractivity contribution < 1.29 is 9.47 Å². The molecule has 1 aliphatic heterocycles. The summed E-state index contributed by atoms with van der Waals surface area (Å²) < 4.78 is 15.4. The van der Waals surface area contributed by atoms with Crippen LogP contribution in [0.4, 0.5) is 11.6 Å². The van der Waals surface area contributed by atoms with Crippen LogP contribution in [0.3, 0.4) is 0 Å². The first kappa shape index (κ1) is 18.1. The molecular formula is C19H23N5O4. The van der Waals surface area contributed by atoms with Crippen molar-refractivity contribution in [3.63, 3.8) is 0 Å². The summed E-state index contributed by atoms with van der Waals surface area (Å²) in [5, 5.41) is 0. The van der Waals surface area contributed by atoms with E-state index in [0.29, 0.717) is 41.7 Å². The lowest BCUT2D eigenvalue weighted by Gasteiger charge is -2.30. The maximum absolute atomic E-state index is 12.9. The van der Waals surface area contributed by atoms with E-state index >= 15 is 0 Å². The predicted octanol–water partition coefficient (Wildman–Crippen LogP) is 1.48. The topological polar surface area (TPSA) is 83.5 Å². The zero-order valence-corrected chi connectivity index (χ0v) is 16.4. The van der Waals surface area contributed by atoms with Crippen LogP contribution in [0.5, 0.6) is 11.5 Å². The third-order valence-corrected chi connectivity index (χ3v) is 5.21. The van der Waals surface area contributed by atoms with Gasteiger partial charge in [0.15, 0.2) is 11.2 Å². The van der Waals surface area contributed by atoms with Crippen LogP contribution in [0.15, 0.2) is 27.8 Å². The largest absolute Gasteiger partial charge is 0.497 e. The molecule has 0 unspecified atom stereocenters. The highest BCUT2D eigenvalue weighted by Gasteiger charge is 2.28. The standard InChI is InChI=1S/C19H23N5O4/c1-5-22-17(25)15-16(21(2)19(22)26)20-18-23(9-6-10-24(15)18)13-8-7-12(27-3)11-14(13)28-4/h7-8,11H,5-6,9-10H2,1-4H3. The van der Waals surface area contributed by atoms with Gasteiger partial charge in [-0.05, 0) is 25.5 Å². The van der Waals surface area contributed by atoms with Gasteiger partial charge in [0, 0.05) is 32.7 Å². The molecule has 0 N–H and O–H groups in total. The molecule has 0 bridgehead atoms. The molecule has 1 aliphatic rings. The lowest BCUT2D eigenvalue weighted by atomic mass is 10.2. The van der Waals surface area contributed by atoms with Crippen molar-refractivity contribution in [1.82, 2.24) is 18.7 Å². The number of nitrogens with zero attached hydrogens (tertiary/aromatic N) is 5. The molecule has 0 saturated carbocycles. The Morgan fingerprint density at radius 1 is 1.14 bits per heavy atom. The van der Waals surface area contributed by atoms with Crippen molar-refractivity contribution in [3.8, 4) is 11.5 Å². The molecule has 9 nitrogen and oxygen atoms in total. The number of hydrogen-bond acceptors (Lipinski definition) is 6. The number of imidazole rings is 1. The Bertz CT molecular complexity index is 1170. The van der Waals surface area contributed by atoms with E-state index in [9.17, 15) is 9.59 Å². The van der Waals surface area contributed by atoms with Gasteiger partial charge in [-0.15, -0.1) is 0 Å². The molecule has 148 valence electrons. The summed E-state index contributed by atoms with van der Waals surface area (Å²) in [6.07, 6.45) is 0.835. The molecule has 0 saturated heterocycles. The number of benzene rings is 1. The van der Waals surface area contributed by atoms with E-state index in [2.05, 4.69) is 4.98 Å². The van der Waals surface area contributed by atoms with Gasteiger partial charge in [0.05, 0.1) is 19.9 Å². The Morgan fingerprint density at radius 2 is 1.93 bits per heavy atom. The van der Waals surface area contributed by atoms with Gasteiger partial charge in [-0.3, -0.25) is 13.9 Å². The Hall–Kier alpha value is -3.23. The molecule has 4 rings (SSSR count). The lowest BCUT2D eigenvalue weighted by molar-refractivity contribution is 0.394. The van der Waals surface area contributed by atoms with Crippen LogP contribution in [-0.4, -0.2) is 39.4 Å². The third kappa shape index (κ3) is 2.49. The maximum atomic E-state index is 12.9. The van der Waals surface area contributed by atoms with Crippen LogP contribution in [0.1, 0.15) is 13.3 Å². The predicted molar refractivity (Wildman–Crippen MR) is 106 cm³/mol. The summed E-state index contributed by atoms with van der Waals surface area (Å²) in [6.45, 7) is 3.49. The summed E-state index contributed by atoms with van der Waals surface area (Å²) in [5.41, 5.74) is 1.03. The molecule has 0 spiro atoms. The van der Waals surface area contributed by atoms with Crippen molar-refractivity contribution in [2.24, 2.45) is 7.05 Å². The van der Waals surface area contributed by atoms with Crippen molar-refractivity contribution in [1.29, 1.82) is 0 Å². The number of aryl methyl sites for hydroxylation is 2. The molecule has 1 aromatic carbocycles. The van der Waals surface area contributed by atoms with Gasteiger partial charge >= 0.3 is 5.69 Å². The molecular weight excluding hydrogens is 362 g/mol. The van der Waals surface area contributed by atoms with E-state index < -0.39 is 0 Å². The van der Waals surface area contributed by atoms with Crippen LogP contribution < -0.4 is 25.6 Å². The summed E-state index contributed by atoms with van der Waals surface area (Å²) in [5.74, 6) is 1.98. The number of anilines is 2. The molecule has 0 fully saturated rings. The van der Waals surface area contributed by atoms with Crippen LogP contribution in [0.25, 0.3) is 11.2 Å². The first-order valence-corrected chi connectivity index (χ1v) is 9.21. The van der Waals surface area contributed by atoms with Crippen molar-refractivity contribution in [3.05, 3.63) is 39.0 Å². The smallest absolute Gasteiger partial charge is 0.332 e. The number of methoxy groups -OCH3 is 2. The van der Waals surface area contributed by atoms with E-state index in [1.54, 1.807) is 28.2 Å². The highest BCUT2D eigenvalue weighted by atomic mass is 16.5. The van der Waals surface area contributed by atoms with Crippen LogP contribution in [0, 0.1) is 0 Å². The number of aromatic nitrogens is 4. The SMILES string of the molecule is CCn1c(=O)c2c(nc3n2CCCN3c2ccc(OC)cc2OC)n(C)c1=O. The molecule has 3 heterocycles. The van der Waals surface area contributed by atoms with E-state index in [1.165, 1.54) is 9.13 Å². The first-order valence-electron chi connectivity index (χ1n) is 9.21. The zero-order valence-electron chi connectivity index (χ0n) is 16.4. The van der Waals surface area contributed by atoms with Crippen molar-refractivity contribution >= 4 is 22.8 Å². The maximum Gasteiger partial charge on any atom is 0.332 e. The first-order chi connectivity index (χ1) is 13.5. The van der Waals surface area contributed by atoms with E-state index in [0.717, 1.165) is 18.7 Å². The van der Waals surface area contributed by atoms with Crippen molar-refractivity contribution in [2.45, 2.75) is 26.4 Å². The summed E-state index contributed by atoms with van der Waals surface area (Å²) in [6, 6.07) is 5.59. The molecule has 9 heteroatoms. The van der Waals surface area contributed by atoms with Gasteiger partial charge in [-0.25, -0.2) is 4.79 Å². The highest BCUT2D eigenvalue weighted by molar-refractivity contribution is 5.78. The Kier molecular flexibility index (Phi) is 4.37. The van der Waals surface area contributed by atoms with Gasteiger partial charge in [-0.2, -0.15) is 4.98 Å². The molecule has 3 aromatic rings. The van der Waals surface area contributed by atoms with Crippen molar-refractivity contribution in [2.75, 3.05) is 25.7 Å². The van der Waals surface area contributed by atoms with Gasteiger partial charge in [0.2, 0.25) is 5.95 Å². The van der Waals surface area contributed by atoms with E-state index in [4.69, 9.17) is 9.47 Å². The summed E-state index contributed by atoms with van der Waals surface area (Å²) in [4.78, 5) is 32.1. The second kappa shape index (κ2) is 6.74. The van der Waals surface area contributed by atoms with Gasteiger partial charge in [-0.1, -0.05) is 0 Å². The Morgan fingerprint density at radius 3 is 2.61 bits per heavy atom. The van der Waals surface area contributed by atoms with Gasteiger partial charge in [0.25, 0.3) is 5.56 Å². The number of hydrogen-bond donors (Lipinski definition) is 0. The average molecular weight is 385 g/mol. The van der Waals surface area contributed by atoms with Crippen LogP contribution in [0.2, 0.25) is 0 Å². The molecule has 2 aromatic heterocycles. The molecule has 0 radical (unpaired) electrons. The fourth-order valence-electron chi connectivity index (χ4n) is 3.78. The van der Waals surface area contributed by atoms with Crippen LogP contribution >= 0.6 is 0 Å². The molecule has 0 amide bonds. The second-order valence-electron chi connectivity index (χ2n) is 6.67. The Balaban J connectivity index is 1.98. The quantitative estimate of drug-likeness (QED) is 0.676. The number of fused-ring (bicyclic) bond motifs is 3. The summed E-state index contributed by atoms with van der Waals surface area (Å²) in [7, 11) is 4.86. The number of ether oxygens (including phenoxy) is 2. The van der Waals surface area contributed by atoms with Crippen LogP contribution in [-0.2, 0) is 20.1 Å². The third-order valence-electron chi connectivity index (χ3n) is 5.21. The Labute approximate surface area is 161 Å². The number of rotatable bonds is 4. The minimum Gasteiger partial charge on any atom is -0.497 e. The minimum atomic E-state index is -0.357. The van der Waals surface area contributed by atoms with E-state index in [1.807, 2.05) is 27.7 Å². The minimum absolute atomic E-state index is 0.303. The second-order valence-corrected chi connectivity index (χ2v) is 6.67. The fourth-order valence-corrected chi connectivity index (χ4v) is 3.78. The fraction of sp³-hybridized carbons (Fsp3) is 0.421. The van der Waals surface area contributed by atoms with Gasteiger partial charge in [0.1, 0.15) is 11.5 Å². The lowest BCUT2D eigenvalue weighted by Crippen LogP contribution is -2.39. The highest BCUT2D eigenvalue weighted by Crippen LogP contribution is 2.38. The average Bonchev–Trinajstić information content (AvgIpc) is 3.12. The molecule has 0 atom stereocenters. The molecule has 28 heavy (non-hydrogen) atoms. The molecule has 0 aliphatic carbocycles. The summed E-state index contributed by atoms with van der Waals surface area (Å²) >= 11 is 0.